The maximum atomic E-state index is 11.3. The summed E-state index contributed by atoms with van der Waals surface area (Å²) in [4.78, 5) is 22.7. The first kappa shape index (κ1) is 16.5. The van der Waals surface area contributed by atoms with Gasteiger partial charge in [-0.1, -0.05) is 0 Å². The van der Waals surface area contributed by atoms with E-state index in [1.54, 1.807) is 12.1 Å². The summed E-state index contributed by atoms with van der Waals surface area (Å²) < 4.78 is 22.6. The Bertz CT molecular complexity index is 595. The van der Waals surface area contributed by atoms with Crippen molar-refractivity contribution in [2.24, 2.45) is 0 Å². The van der Waals surface area contributed by atoms with E-state index >= 15 is 0 Å². The molecule has 0 spiro atoms. The number of nitrogens with one attached hydrogen (secondary N) is 1. The average molecular weight is 317 g/mol. The number of aliphatic carboxylic acids is 1. The highest BCUT2D eigenvalue weighted by molar-refractivity contribution is 7.99. The van der Waals surface area contributed by atoms with Gasteiger partial charge in [-0.2, -0.15) is 0 Å². The summed E-state index contributed by atoms with van der Waals surface area (Å²) in [5, 5.41) is 11.3. The van der Waals surface area contributed by atoms with Gasteiger partial charge in [0.05, 0.1) is 4.90 Å². The molecule has 0 aromatic heterocycles. The van der Waals surface area contributed by atoms with Crippen LogP contribution in [0.15, 0.2) is 34.1 Å². The van der Waals surface area contributed by atoms with Gasteiger partial charge >= 0.3 is 5.97 Å². The lowest BCUT2D eigenvalue weighted by Gasteiger charge is -2.12. The number of rotatable bonds is 6. The monoisotopic (exact) mass is 317 g/mol. The van der Waals surface area contributed by atoms with Crippen molar-refractivity contribution in [2.75, 3.05) is 12.0 Å². The molecule has 0 saturated carbocycles. The van der Waals surface area contributed by atoms with Crippen LogP contribution in [0.5, 0.6) is 0 Å². The number of hydrogen-bond acceptors (Lipinski definition) is 5. The van der Waals surface area contributed by atoms with Crippen molar-refractivity contribution < 1.29 is 23.1 Å². The Hall–Kier alpha value is -1.54. The van der Waals surface area contributed by atoms with Crippen LogP contribution in [0.2, 0.25) is 0 Å². The Morgan fingerprint density at radius 1 is 1.30 bits per heavy atom. The first-order valence-electron chi connectivity index (χ1n) is 5.63. The molecule has 0 heterocycles. The van der Waals surface area contributed by atoms with Crippen molar-refractivity contribution in [3.8, 4) is 0 Å². The minimum absolute atomic E-state index is 0.160. The van der Waals surface area contributed by atoms with Crippen LogP contribution in [-0.4, -0.2) is 43.5 Å². The number of benzene rings is 1. The molecular formula is C12H15NO5S2. The highest BCUT2D eigenvalue weighted by atomic mass is 32.2. The van der Waals surface area contributed by atoms with Crippen LogP contribution < -0.4 is 5.32 Å². The van der Waals surface area contributed by atoms with Gasteiger partial charge in [-0.25, -0.2) is 13.2 Å². The third-order valence-electron chi connectivity index (χ3n) is 2.34. The Kier molecular flexibility index (Phi) is 5.58. The van der Waals surface area contributed by atoms with Gasteiger partial charge in [0.1, 0.15) is 6.04 Å². The molecule has 1 aromatic carbocycles. The zero-order chi connectivity index (χ0) is 15.3. The molecule has 110 valence electrons. The van der Waals surface area contributed by atoms with Crippen LogP contribution in [-0.2, 0) is 19.4 Å². The summed E-state index contributed by atoms with van der Waals surface area (Å²) >= 11 is 1.23. The van der Waals surface area contributed by atoms with E-state index in [2.05, 4.69) is 5.32 Å². The van der Waals surface area contributed by atoms with Crippen molar-refractivity contribution >= 4 is 33.5 Å². The molecule has 1 atom stereocenters. The zero-order valence-electron chi connectivity index (χ0n) is 11.0. The molecule has 6 nitrogen and oxygen atoms in total. The molecule has 20 heavy (non-hydrogen) atoms. The Labute approximate surface area is 121 Å². The van der Waals surface area contributed by atoms with Gasteiger partial charge in [-0.15, -0.1) is 11.8 Å². The molecule has 0 fully saturated rings. The van der Waals surface area contributed by atoms with E-state index in [0.717, 1.165) is 11.2 Å². The number of amides is 1. The predicted octanol–water partition coefficient (Wildman–Crippen LogP) is 0.772. The smallest absolute Gasteiger partial charge is 0.327 e. The number of sulfone groups is 1. The number of carbonyl (C=O) groups is 2. The van der Waals surface area contributed by atoms with E-state index in [0.29, 0.717) is 0 Å². The second-order valence-electron chi connectivity index (χ2n) is 4.15. The fraction of sp³-hybridized carbons (Fsp3) is 0.333. The van der Waals surface area contributed by atoms with Crippen molar-refractivity contribution in [2.45, 2.75) is 22.8 Å². The van der Waals surface area contributed by atoms with Crippen molar-refractivity contribution in [3.63, 3.8) is 0 Å². The third-order valence-corrected chi connectivity index (χ3v) is 4.58. The molecule has 8 heteroatoms. The molecule has 0 saturated heterocycles. The fourth-order valence-electron chi connectivity index (χ4n) is 1.38. The summed E-state index contributed by atoms with van der Waals surface area (Å²) in [6, 6.07) is 5.16. The number of carbonyl (C=O) groups excluding carboxylic acids is 1. The lowest BCUT2D eigenvalue weighted by Crippen LogP contribution is -2.41. The Morgan fingerprint density at radius 3 is 2.25 bits per heavy atom. The third kappa shape index (κ3) is 5.22. The van der Waals surface area contributed by atoms with E-state index in [1.165, 1.54) is 30.8 Å². The molecule has 0 radical (unpaired) electrons. The largest absolute Gasteiger partial charge is 0.480 e. The van der Waals surface area contributed by atoms with Crippen molar-refractivity contribution in [1.82, 2.24) is 5.32 Å². The lowest BCUT2D eigenvalue weighted by atomic mass is 10.3. The van der Waals surface area contributed by atoms with E-state index in [4.69, 9.17) is 5.11 Å². The average Bonchev–Trinajstić information content (AvgIpc) is 2.33. The number of carboxylic acid groups (broad SMARTS) is 1. The first-order chi connectivity index (χ1) is 9.20. The van der Waals surface area contributed by atoms with Crippen LogP contribution in [0.25, 0.3) is 0 Å². The van der Waals surface area contributed by atoms with Gasteiger partial charge in [0, 0.05) is 23.8 Å². The van der Waals surface area contributed by atoms with Gasteiger partial charge in [0.25, 0.3) is 0 Å². The zero-order valence-corrected chi connectivity index (χ0v) is 12.6. The molecule has 0 bridgehead atoms. The highest BCUT2D eigenvalue weighted by Gasteiger charge is 2.18. The second-order valence-corrected chi connectivity index (χ2v) is 7.26. The van der Waals surface area contributed by atoms with Crippen LogP contribution in [0.4, 0.5) is 0 Å². The minimum Gasteiger partial charge on any atom is -0.480 e. The predicted molar refractivity (Wildman–Crippen MR) is 75.5 cm³/mol. The maximum Gasteiger partial charge on any atom is 0.327 e. The van der Waals surface area contributed by atoms with E-state index in [-0.39, 0.29) is 10.6 Å². The number of carboxylic acids is 1. The standard InChI is InChI=1S/C12H15NO5S2/c1-8(14)13-11(12(15)16)7-19-9-3-5-10(6-4-9)20(2,17)18/h3-6,11H,7H2,1-2H3,(H,13,14)(H,15,16). The summed E-state index contributed by atoms with van der Waals surface area (Å²) in [5.74, 6) is -1.36. The van der Waals surface area contributed by atoms with Crippen molar-refractivity contribution in [3.05, 3.63) is 24.3 Å². The van der Waals surface area contributed by atoms with Crippen molar-refractivity contribution in [1.29, 1.82) is 0 Å². The van der Waals surface area contributed by atoms with Gasteiger partial charge in [-0.05, 0) is 24.3 Å². The maximum absolute atomic E-state index is 11.3. The molecule has 0 aliphatic carbocycles. The number of thioether (sulfide) groups is 1. The fourth-order valence-corrected chi connectivity index (χ4v) is 2.93. The summed E-state index contributed by atoms with van der Waals surface area (Å²) in [6.45, 7) is 1.25. The second kappa shape index (κ2) is 6.76. The molecule has 1 rings (SSSR count). The summed E-state index contributed by atoms with van der Waals surface area (Å²) in [6.07, 6.45) is 1.12. The van der Waals surface area contributed by atoms with Crippen LogP contribution >= 0.6 is 11.8 Å². The quantitative estimate of drug-likeness (QED) is 0.752. The van der Waals surface area contributed by atoms with E-state index < -0.39 is 27.8 Å². The van der Waals surface area contributed by atoms with Gasteiger partial charge in [0.15, 0.2) is 9.84 Å². The Morgan fingerprint density at radius 2 is 1.85 bits per heavy atom. The SMILES string of the molecule is CC(=O)NC(CSc1ccc(S(C)(=O)=O)cc1)C(=O)O. The number of hydrogen-bond donors (Lipinski definition) is 2. The summed E-state index contributed by atoms with van der Waals surface area (Å²) in [7, 11) is -3.24. The van der Waals surface area contributed by atoms with Gasteiger partial charge < -0.3 is 10.4 Å². The first-order valence-corrected chi connectivity index (χ1v) is 8.50. The summed E-state index contributed by atoms with van der Waals surface area (Å²) in [5.41, 5.74) is 0. The van der Waals surface area contributed by atoms with Crippen LogP contribution in [0.3, 0.4) is 0 Å². The molecule has 1 amide bonds. The molecule has 0 aliphatic rings. The van der Waals surface area contributed by atoms with Gasteiger partial charge in [0.2, 0.25) is 5.91 Å². The minimum atomic E-state index is -3.24. The highest BCUT2D eigenvalue weighted by Crippen LogP contribution is 2.21. The molecule has 1 aromatic rings. The molecular weight excluding hydrogens is 302 g/mol. The molecule has 0 aliphatic heterocycles. The lowest BCUT2D eigenvalue weighted by molar-refractivity contribution is -0.140. The van der Waals surface area contributed by atoms with E-state index in [9.17, 15) is 18.0 Å². The van der Waals surface area contributed by atoms with Crippen LogP contribution in [0, 0.1) is 0 Å². The molecule has 1 unspecified atom stereocenters. The molecule has 2 N–H and O–H groups in total. The van der Waals surface area contributed by atoms with Crippen LogP contribution in [0.1, 0.15) is 6.92 Å². The Balaban J connectivity index is 2.69. The van der Waals surface area contributed by atoms with E-state index in [1.807, 2.05) is 0 Å². The normalized spacial score (nSPS) is 12.7. The van der Waals surface area contributed by atoms with Gasteiger partial charge in [-0.3, -0.25) is 4.79 Å². The topological polar surface area (TPSA) is 101 Å².